The van der Waals surface area contributed by atoms with Gasteiger partial charge in [0, 0.05) is 41.9 Å². The molecule has 5 nitrogen and oxygen atoms in total. The molecule has 0 spiro atoms. The van der Waals surface area contributed by atoms with Crippen molar-refractivity contribution in [2.24, 2.45) is 5.92 Å². The average Bonchev–Trinajstić information content (AvgIpc) is 3.57. The van der Waals surface area contributed by atoms with Gasteiger partial charge in [-0.25, -0.2) is 14.4 Å². The molecule has 2 aromatic carbocycles. The fourth-order valence-corrected chi connectivity index (χ4v) is 4.17. The van der Waals surface area contributed by atoms with E-state index in [1.165, 1.54) is 12.4 Å². The summed E-state index contributed by atoms with van der Waals surface area (Å²) in [5, 5.41) is 0.974. The number of H-pyrrole nitrogens is 1. The zero-order chi connectivity index (χ0) is 22.1. The van der Waals surface area contributed by atoms with Gasteiger partial charge in [0.2, 0.25) is 0 Å². The van der Waals surface area contributed by atoms with E-state index in [-0.39, 0.29) is 10.9 Å². The Hall–Kier alpha value is -3.25. The molecule has 1 fully saturated rings. The molecular weight excluding hydrogens is 427 g/mol. The Morgan fingerprint density at radius 2 is 2.03 bits per heavy atom. The van der Waals surface area contributed by atoms with E-state index in [2.05, 4.69) is 15.0 Å². The van der Waals surface area contributed by atoms with E-state index in [4.69, 9.17) is 11.6 Å². The first-order chi connectivity index (χ1) is 15.6. The van der Waals surface area contributed by atoms with Crippen molar-refractivity contribution in [3.8, 4) is 11.3 Å². The van der Waals surface area contributed by atoms with Gasteiger partial charge in [0.1, 0.15) is 12.1 Å². The summed E-state index contributed by atoms with van der Waals surface area (Å²) >= 11 is 6.00. The van der Waals surface area contributed by atoms with Crippen LogP contribution in [0.1, 0.15) is 28.8 Å². The first kappa shape index (κ1) is 20.6. The largest absolute Gasteiger partial charge is 0.361 e. The van der Waals surface area contributed by atoms with Gasteiger partial charge in [0.05, 0.1) is 16.3 Å². The first-order valence-corrected chi connectivity index (χ1v) is 11.1. The van der Waals surface area contributed by atoms with Gasteiger partial charge in [-0.2, -0.15) is 0 Å². The minimum absolute atomic E-state index is 0.0692. The lowest BCUT2D eigenvalue weighted by Gasteiger charge is -2.23. The summed E-state index contributed by atoms with van der Waals surface area (Å²) in [6, 6.07) is 12.7. The van der Waals surface area contributed by atoms with Crippen LogP contribution in [0.5, 0.6) is 0 Å². The number of hydrogen-bond donors (Lipinski definition) is 1. The monoisotopic (exact) mass is 448 g/mol. The number of carbonyl (C=O) groups is 1. The smallest absolute Gasteiger partial charge is 0.257 e. The lowest BCUT2D eigenvalue weighted by Crippen LogP contribution is -2.35. The van der Waals surface area contributed by atoms with Crippen molar-refractivity contribution in [3.05, 3.63) is 83.2 Å². The molecule has 0 bridgehead atoms. The van der Waals surface area contributed by atoms with Gasteiger partial charge < -0.3 is 9.88 Å². The maximum absolute atomic E-state index is 13.8. The molecule has 162 valence electrons. The van der Waals surface area contributed by atoms with Gasteiger partial charge in [-0.1, -0.05) is 41.9 Å². The van der Waals surface area contributed by atoms with Gasteiger partial charge >= 0.3 is 0 Å². The number of aromatic nitrogens is 3. The molecule has 1 N–H and O–H groups in total. The van der Waals surface area contributed by atoms with Crippen molar-refractivity contribution in [2.45, 2.75) is 19.3 Å². The zero-order valence-corrected chi connectivity index (χ0v) is 18.1. The molecule has 5 rings (SSSR count). The zero-order valence-electron chi connectivity index (χ0n) is 17.4. The number of fused-ring (bicyclic) bond motifs is 1. The van der Waals surface area contributed by atoms with E-state index in [0.717, 1.165) is 29.4 Å². The number of hydrogen-bond acceptors (Lipinski definition) is 3. The summed E-state index contributed by atoms with van der Waals surface area (Å²) in [5.74, 6) is 0.0196. The predicted molar refractivity (Wildman–Crippen MR) is 123 cm³/mol. The summed E-state index contributed by atoms with van der Waals surface area (Å²) in [6.45, 7) is 1.25. The summed E-state index contributed by atoms with van der Waals surface area (Å²) in [4.78, 5) is 27.1. The van der Waals surface area contributed by atoms with Crippen LogP contribution in [0.3, 0.4) is 0 Å². The second-order valence-electron chi connectivity index (χ2n) is 8.22. The van der Waals surface area contributed by atoms with Crippen LogP contribution >= 0.6 is 11.6 Å². The van der Waals surface area contributed by atoms with E-state index in [0.29, 0.717) is 42.2 Å². The summed E-state index contributed by atoms with van der Waals surface area (Å²) in [6.07, 6.45) is 7.85. The number of amides is 1. The number of nitrogens with zero attached hydrogens (tertiary/aromatic N) is 3. The Bertz CT molecular complexity index is 1270. The summed E-state index contributed by atoms with van der Waals surface area (Å²) in [5.41, 5.74) is 3.73. The van der Waals surface area contributed by atoms with Crippen molar-refractivity contribution >= 4 is 28.4 Å². The van der Waals surface area contributed by atoms with Crippen LogP contribution in [0.15, 0.2) is 61.2 Å². The lowest BCUT2D eigenvalue weighted by atomic mass is 10.1. The van der Waals surface area contributed by atoms with Crippen molar-refractivity contribution in [3.63, 3.8) is 0 Å². The van der Waals surface area contributed by atoms with E-state index in [1.54, 1.807) is 12.3 Å². The van der Waals surface area contributed by atoms with E-state index in [1.807, 2.05) is 41.4 Å². The molecule has 1 aliphatic carbocycles. The number of halogens is 2. The Morgan fingerprint density at radius 3 is 2.81 bits per heavy atom. The molecule has 0 radical (unpaired) electrons. The van der Waals surface area contributed by atoms with Gasteiger partial charge in [-0.05, 0) is 42.9 Å². The number of carbonyl (C=O) groups excluding carboxylic acids is 1. The van der Waals surface area contributed by atoms with Gasteiger partial charge in [-0.15, -0.1) is 0 Å². The Balaban J connectivity index is 1.42. The maximum Gasteiger partial charge on any atom is 0.257 e. The van der Waals surface area contributed by atoms with Crippen LogP contribution < -0.4 is 0 Å². The van der Waals surface area contributed by atoms with E-state index in [9.17, 15) is 9.18 Å². The Kier molecular flexibility index (Phi) is 5.62. The third kappa shape index (κ3) is 4.23. The van der Waals surface area contributed by atoms with E-state index < -0.39 is 5.82 Å². The molecule has 0 saturated heterocycles. The molecule has 7 heteroatoms. The van der Waals surface area contributed by atoms with Crippen molar-refractivity contribution < 1.29 is 9.18 Å². The lowest BCUT2D eigenvalue weighted by molar-refractivity contribution is 0.0749. The Labute approximate surface area is 190 Å². The minimum atomic E-state index is -0.448. The molecule has 1 saturated carbocycles. The Morgan fingerprint density at radius 1 is 1.22 bits per heavy atom. The van der Waals surface area contributed by atoms with Crippen LogP contribution in [0.2, 0.25) is 5.02 Å². The molecular formula is C25H22ClFN4O. The first-order valence-electron chi connectivity index (χ1n) is 10.7. The highest BCUT2D eigenvalue weighted by Gasteiger charge is 2.29. The van der Waals surface area contributed by atoms with Crippen LogP contribution in [0.4, 0.5) is 4.39 Å². The van der Waals surface area contributed by atoms with Gasteiger partial charge in [0.25, 0.3) is 5.91 Å². The van der Waals surface area contributed by atoms with Crippen LogP contribution in [0, 0.1) is 11.7 Å². The molecule has 4 aromatic rings. The topological polar surface area (TPSA) is 61.9 Å². The number of rotatable bonds is 7. The summed E-state index contributed by atoms with van der Waals surface area (Å²) in [7, 11) is 0. The predicted octanol–water partition coefficient (Wildman–Crippen LogP) is 5.51. The third-order valence-corrected chi connectivity index (χ3v) is 6.20. The molecule has 0 aliphatic heterocycles. The standard InChI is InChI=1S/C25H22ClFN4O/c26-21-10-19-18(12-29-23(19)11-22(21)27)8-9-31(14-16-6-7-16)25(32)20-13-28-15-30-24(20)17-4-2-1-3-5-17/h1-5,10-13,15-16,29H,6-9,14H2. The highest BCUT2D eigenvalue weighted by atomic mass is 35.5. The van der Waals surface area contributed by atoms with Crippen LogP contribution in [0.25, 0.3) is 22.2 Å². The molecule has 2 aromatic heterocycles. The fourth-order valence-electron chi connectivity index (χ4n) is 4.01. The maximum atomic E-state index is 13.8. The van der Waals surface area contributed by atoms with Crippen molar-refractivity contribution in [1.29, 1.82) is 0 Å². The second-order valence-corrected chi connectivity index (χ2v) is 8.63. The van der Waals surface area contributed by atoms with E-state index >= 15 is 0 Å². The highest BCUT2D eigenvalue weighted by molar-refractivity contribution is 6.31. The molecule has 1 aliphatic rings. The third-order valence-electron chi connectivity index (χ3n) is 5.91. The van der Waals surface area contributed by atoms with Crippen molar-refractivity contribution in [1.82, 2.24) is 19.9 Å². The number of nitrogens with one attached hydrogen (secondary N) is 1. The normalized spacial score (nSPS) is 13.4. The second kappa shape index (κ2) is 8.71. The molecule has 32 heavy (non-hydrogen) atoms. The average molecular weight is 449 g/mol. The van der Waals surface area contributed by atoms with Gasteiger partial charge in [-0.3, -0.25) is 4.79 Å². The van der Waals surface area contributed by atoms with Crippen molar-refractivity contribution in [2.75, 3.05) is 13.1 Å². The quantitative estimate of drug-likeness (QED) is 0.405. The highest BCUT2D eigenvalue weighted by Crippen LogP contribution is 2.31. The van der Waals surface area contributed by atoms with Crippen LogP contribution in [-0.2, 0) is 6.42 Å². The summed E-state index contributed by atoms with van der Waals surface area (Å²) < 4.78 is 13.8. The number of benzene rings is 2. The fraction of sp³-hybridized carbons (Fsp3) is 0.240. The van der Waals surface area contributed by atoms with Crippen LogP contribution in [-0.4, -0.2) is 38.8 Å². The molecule has 0 atom stereocenters. The molecule has 1 amide bonds. The SMILES string of the molecule is O=C(c1cncnc1-c1ccccc1)N(CCc1c[nH]c2cc(F)c(Cl)cc12)CC1CC1. The minimum Gasteiger partial charge on any atom is -0.361 e. The number of aromatic amines is 1. The molecule has 0 unspecified atom stereocenters. The molecule has 2 heterocycles. The van der Waals surface area contributed by atoms with Gasteiger partial charge in [0.15, 0.2) is 0 Å².